The van der Waals surface area contributed by atoms with Crippen LogP contribution in [-0.2, 0) is 35.5 Å². The molecular weight excluding hydrogens is 562 g/mol. The number of nitrogens with zero attached hydrogens (tertiary/aromatic N) is 5. The molecule has 226 valence electrons. The summed E-state index contributed by atoms with van der Waals surface area (Å²) < 4.78 is 5.31. The Morgan fingerprint density at radius 3 is 2.38 bits per heavy atom. The first-order chi connectivity index (χ1) is 22.0. The van der Waals surface area contributed by atoms with Crippen molar-refractivity contribution in [1.29, 1.82) is 0 Å². The van der Waals surface area contributed by atoms with Gasteiger partial charge in [0, 0.05) is 49.5 Å². The first kappa shape index (κ1) is 29.7. The van der Waals surface area contributed by atoms with Crippen LogP contribution >= 0.6 is 0 Å². The fraction of sp³-hybridized carbons (Fsp3) is 0.216. The van der Waals surface area contributed by atoms with E-state index >= 15 is 0 Å². The van der Waals surface area contributed by atoms with Gasteiger partial charge in [-0.3, -0.25) is 9.59 Å². The molecule has 0 fully saturated rings. The molecule has 3 aromatic carbocycles. The second-order valence-electron chi connectivity index (χ2n) is 11.3. The average molecular weight is 598 g/mol. The van der Waals surface area contributed by atoms with Crippen LogP contribution in [0.5, 0.6) is 0 Å². The molecule has 2 aromatic heterocycles. The van der Waals surface area contributed by atoms with Crippen molar-refractivity contribution in [1.82, 2.24) is 25.2 Å². The van der Waals surface area contributed by atoms with Gasteiger partial charge in [0.15, 0.2) is 0 Å². The van der Waals surface area contributed by atoms with Gasteiger partial charge in [0.05, 0.1) is 11.4 Å². The van der Waals surface area contributed by atoms with Crippen molar-refractivity contribution >= 4 is 17.9 Å². The summed E-state index contributed by atoms with van der Waals surface area (Å²) in [5.74, 6) is 0.301. The summed E-state index contributed by atoms with van der Waals surface area (Å²) in [4.78, 5) is 32.3. The molecule has 0 aliphatic carbocycles. The predicted octanol–water partition coefficient (Wildman–Crippen LogP) is 5.99. The van der Waals surface area contributed by atoms with Gasteiger partial charge in [0.1, 0.15) is 11.8 Å². The highest BCUT2D eigenvalue weighted by atomic mass is 16.5. The molecule has 0 N–H and O–H groups in total. The van der Waals surface area contributed by atoms with Gasteiger partial charge in [0.2, 0.25) is 11.8 Å². The SMILES string of the molecule is Cc1noc(C)c1C=CC(=O)N(Cc1ccc(-c2cccnn2)cc1)[C@@H](Cc1ccccc1)C(=O)N1CCc2ccccc2C1. The van der Waals surface area contributed by atoms with E-state index in [1.807, 2.05) is 97.6 Å². The summed E-state index contributed by atoms with van der Waals surface area (Å²) in [6.07, 6.45) is 6.07. The van der Waals surface area contributed by atoms with Crippen molar-refractivity contribution in [3.05, 3.63) is 143 Å². The number of rotatable bonds is 9. The van der Waals surface area contributed by atoms with Gasteiger partial charge in [-0.25, -0.2) is 0 Å². The maximum atomic E-state index is 14.5. The van der Waals surface area contributed by atoms with Crippen molar-refractivity contribution in [2.45, 2.75) is 45.8 Å². The van der Waals surface area contributed by atoms with E-state index in [2.05, 4.69) is 27.5 Å². The summed E-state index contributed by atoms with van der Waals surface area (Å²) >= 11 is 0. The molecule has 0 unspecified atom stereocenters. The Morgan fingerprint density at radius 2 is 1.67 bits per heavy atom. The Kier molecular flexibility index (Phi) is 8.91. The highest BCUT2D eigenvalue weighted by molar-refractivity contribution is 5.96. The zero-order chi connectivity index (χ0) is 31.2. The molecule has 0 spiro atoms. The van der Waals surface area contributed by atoms with Crippen LogP contribution < -0.4 is 0 Å². The number of hydrogen-bond donors (Lipinski definition) is 0. The molecule has 8 nitrogen and oxygen atoms in total. The number of benzene rings is 3. The van der Waals surface area contributed by atoms with Crippen LogP contribution in [0.25, 0.3) is 17.3 Å². The largest absolute Gasteiger partial charge is 0.361 e. The standard InChI is InChI=1S/C37H35N5O3/c1-26-33(27(2)45-40-26)18-19-36(43)42(24-29-14-16-31(17-15-29)34-13-8-21-38-39-34)35(23-28-9-4-3-5-10-28)37(44)41-22-20-30-11-6-7-12-32(30)25-41/h3-19,21,35H,20,22-25H2,1-2H3/t35-/m0/s1. The molecule has 0 saturated carbocycles. The normalized spacial score (nSPS) is 13.4. The smallest absolute Gasteiger partial charge is 0.247 e. The molecule has 6 rings (SSSR count). The van der Waals surface area contributed by atoms with Crippen molar-refractivity contribution in [3.63, 3.8) is 0 Å². The molecule has 1 aliphatic rings. The highest BCUT2D eigenvalue weighted by Crippen LogP contribution is 2.24. The summed E-state index contributed by atoms with van der Waals surface area (Å²) in [6, 6.07) is 29.1. The van der Waals surface area contributed by atoms with Crippen LogP contribution in [0, 0.1) is 13.8 Å². The van der Waals surface area contributed by atoms with Gasteiger partial charge < -0.3 is 14.3 Å². The molecule has 0 radical (unpaired) electrons. The zero-order valence-corrected chi connectivity index (χ0v) is 25.5. The molecule has 5 aromatic rings. The fourth-order valence-corrected chi connectivity index (χ4v) is 5.82. The lowest BCUT2D eigenvalue weighted by molar-refractivity contribution is -0.144. The minimum absolute atomic E-state index is 0.0661. The predicted molar refractivity (Wildman–Crippen MR) is 173 cm³/mol. The van der Waals surface area contributed by atoms with Crippen LogP contribution in [0.2, 0.25) is 0 Å². The molecule has 8 heteroatoms. The number of aromatic nitrogens is 3. The van der Waals surface area contributed by atoms with Gasteiger partial charge in [-0.15, -0.1) is 0 Å². The van der Waals surface area contributed by atoms with Gasteiger partial charge in [0.25, 0.3) is 0 Å². The van der Waals surface area contributed by atoms with E-state index in [1.165, 1.54) is 11.6 Å². The van der Waals surface area contributed by atoms with Crippen LogP contribution in [0.1, 0.15) is 39.3 Å². The van der Waals surface area contributed by atoms with Gasteiger partial charge >= 0.3 is 0 Å². The summed E-state index contributed by atoms with van der Waals surface area (Å²) in [7, 11) is 0. The van der Waals surface area contributed by atoms with E-state index in [0.717, 1.165) is 39.9 Å². The van der Waals surface area contributed by atoms with Crippen molar-refractivity contribution < 1.29 is 14.1 Å². The monoisotopic (exact) mass is 597 g/mol. The number of carbonyl (C=O) groups is 2. The van der Waals surface area contributed by atoms with Gasteiger partial charge in [-0.05, 0) is 60.7 Å². The number of aryl methyl sites for hydroxylation is 2. The number of fused-ring (bicyclic) bond motifs is 1. The highest BCUT2D eigenvalue weighted by Gasteiger charge is 2.34. The summed E-state index contributed by atoms with van der Waals surface area (Å²) in [6.45, 7) is 5.03. The molecule has 45 heavy (non-hydrogen) atoms. The zero-order valence-electron chi connectivity index (χ0n) is 25.5. The Bertz CT molecular complexity index is 1780. The quantitative estimate of drug-likeness (QED) is 0.194. The lowest BCUT2D eigenvalue weighted by Crippen LogP contribution is -2.52. The van der Waals surface area contributed by atoms with Crippen molar-refractivity contribution in [2.75, 3.05) is 6.54 Å². The third-order valence-electron chi connectivity index (χ3n) is 8.31. The molecule has 0 bridgehead atoms. The van der Waals surface area contributed by atoms with Crippen LogP contribution in [0.15, 0.2) is 108 Å². The second-order valence-corrected chi connectivity index (χ2v) is 11.3. The van der Waals surface area contributed by atoms with Crippen LogP contribution in [-0.4, -0.2) is 49.6 Å². The lowest BCUT2D eigenvalue weighted by Gasteiger charge is -2.37. The number of hydrogen-bond acceptors (Lipinski definition) is 6. The van der Waals surface area contributed by atoms with E-state index in [4.69, 9.17) is 4.52 Å². The molecule has 2 amide bonds. The lowest BCUT2D eigenvalue weighted by atomic mass is 9.97. The first-order valence-corrected chi connectivity index (χ1v) is 15.1. The first-order valence-electron chi connectivity index (χ1n) is 15.1. The third kappa shape index (κ3) is 6.91. The molecular formula is C37H35N5O3. The summed E-state index contributed by atoms with van der Waals surface area (Å²) in [5.41, 5.74) is 7.44. The van der Waals surface area contributed by atoms with E-state index < -0.39 is 6.04 Å². The third-order valence-corrected chi connectivity index (χ3v) is 8.31. The van der Waals surface area contributed by atoms with Gasteiger partial charge in [-0.1, -0.05) is 84.0 Å². The second kappa shape index (κ2) is 13.5. The minimum atomic E-state index is -0.723. The number of amides is 2. The molecule has 1 aliphatic heterocycles. The average Bonchev–Trinajstić information content (AvgIpc) is 3.41. The molecule has 0 saturated heterocycles. The van der Waals surface area contributed by atoms with Crippen LogP contribution in [0.3, 0.4) is 0 Å². The maximum Gasteiger partial charge on any atom is 0.247 e. The minimum Gasteiger partial charge on any atom is -0.361 e. The molecule has 1 atom stereocenters. The van der Waals surface area contributed by atoms with E-state index in [-0.39, 0.29) is 18.4 Å². The Morgan fingerprint density at radius 1 is 0.911 bits per heavy atom. The Labute approximate surface area is 263 Å². The van der Waals surface area contributed by atoms with Crippen molar-refractivity contribution in [2.24, 2.45) is 0 Å². The maximum absolute atomic E-state index is 14.5. The number of carbonyl (C=O) groups excluding carboxylic acids is 2. The van der Waals surface area contributed by atoms with Crippen LogP contribution in [0.4, 0.5) is 0 Å². The topological polar surface area (TPSA) is 92.4 Å². The van der Waals surface area contributed by atoms with Gasteiger partial charge in [-0.2, -0.15) is 10.2 Å². The Hall–Kier alpha value is -5.37. The summed E-state index contributed by atoms with van der Waals surface area (Å²) in [5, 5.41) is 12.2. The van der Waals surface area contributed by atoms with E-state index in [1.54, 1.807) is 17.2 Å². The van der Waals surface area contributed by atoms with E-state index in [0.29, 0.717) is 31.0 Å². The van der Waals surface area contributed by atoms with E-state index in [9.17, 15) is 9.59 Å². The fourth-order valence-electron chi connectivity index (χ4n) is 5.82. The molecule has 3 heterocycles. The van der Waals surface area contributed by atoms with Crippen molar-refractivity contribution in [3.8, 4) is 11.3 Å². The Balaban J connectivity index is 1.35.